The minimum absolute atomic E-state index is 0.0462. The van der Waals surface area contributed by atoms with Crippen LogP contribution in [0.5, 0.6) is 5.75 Å². The molecule has 2 aromatic heterocycles. The van der Waals surface area contributed by atoms with E-state index in [-0.39, 0.29) is 42.5 Å². The van der Waals surface area contributed by atoms with Crippen molar-refractivity contribution in [2.75, 3.05) is 20.2 Å². The molecule has 0 bridgehead atoms. The highest BCUT2D eigenvalue weighted by atomic mass is 19.4. The third kappa shape index (κ3) is 6.26. The molecule has 1 saturated heterocycles. The average molecular weight is 602 g/mol. The second kappa shape index (κ2) is 11.1. The van der Waals surface area contributed by atoms with Crippen LogP contribution in [0, 0.1) is 0 Å². The minimum Gasteiger partial charge on any atom is -0.494 e. The SMILES string of the molecule is COc1cc(C(=O)N2CC[C@H](O)[C@H](NC(=O)OC(C)(C)C)C2)cc2nc(-c3cc4ccccc4n3CC(F)(F)F)n(C)c12. The van der Waals surface area contributed by atoms with Crippen molar-refractivity contribution < 1.29 is 37.3 Å². The van der Waals surface area contributed by atoms with Crippen LogP contribution in [0.4, 0.5) is 18.0 Å². The highest BCUT2D eigenvalue weighted by Crippen LogP contribution is 2.36. The van der Waals surface area contributed by atoms with Gasteiger partial charge in [-0.2, -0.15) is 13.2 Å². The molecule has 2 N–H and O–H groups in total. The summed E-state index contributed by atoms with van der Waals surface area (Å²) < 4.78 is 54.6. The molecule has 2 atom stereocenters. The van der Waals surface area contributed by atoms with Gasteiger partial charge in [-0.3, -0.25) is 4.79 Å². The van der Waals surface area contributed by atoms with Crippen LogP contribution in [-0.4, -0.2) is 80.2 Å². The zero-order valence-electron chi connectivity index (χ0n) is 24.5. The van der Waals surface area contributed by atoms with E-state index in [0.29, 0.717) is 27.7 Å². The van der Waals surface area contributed by atoms with E-state index in [1.54, 1.807) is 74.9 Å². The van der Waals surface area contributed by atoms with E-state index >= 15 is 0 Å². The summed E-state index contributed by atoms with van der Waals surface area (Å²) in [4.78, 5) is 32.2. The third-order valence-electron chi connectivity index (χ3n) is 7.34. The number of hydrogen-bond donors (Lipinski definition) is 2. The van der Waals surface area contributed by atoms with Crippen molar-refractivity contribution in [1.82, 2.24) is 24.3 Å². The fraction of sp³-hybridized carbons (Fsp3) is 0.433. The maximum absolute atomic E-state index is 13.6. The first kappa shape index (κ1) is 30.2. The number of aryl methyl sites for hydroxylation is 1. The zero-order valence-corrected chi connectivity index (χ0v) is 24.5. The number of nitrogens with zero attached hydrogens (tertiary/aromatic N) is 4. The molecule has 10 nitrogen and oxygen atoms in total. The number of carbonyl (C=O) groups is 2. The quantitative estimate of drug-likeness (QED) is 0.338. The smallest absolute Gasteiger partial charge is 0.408 e. The Morgan fingerprint density at radius 3 is 2.53 bits per heavy atom. The number of amides is 2. The van der Waals surface area contributed by atoms with Crippen LogP contribution in [0.1, 0.15) is 37.6 Å². The monoisotopic (exact) mass is 601 g/mol. The number of likely N-dealkylation sites (tertiary alicyclic amines) is 1. The lowest BCUT2D eigenvalue weighted by molar-refractivity contribution is -0.139. The van der Waals surface area contributed by atoms with E-state index < -0.39 is 36.6 Å². The van der Waals surface area contributed by atoms with E-state index in [4.69, 9.17) is 9.47 Å². The Kier molecular flexibility index (Phi) is 7.80. The van der Waals surface area contributed by atoms with Gasteiger partial charge in [-0.15, -0.1) is 0 Å². The van der Waals surface area contributed by atoms with Gasteiger partial charge in [0.05, 0.1) is 30.5 Å². The topological polar surface area (TPSA) is 111 Å². The number of alkyl carbamates (subject to hydrolysis) is 1. The Hall–Kier alpha value is -4.26. The molecule has 0 saturated carbocycles. The van der Waals surface area contributed by atoms with Crippen molar-refractivity contribution in [1.29, 1.82) is 0 Å². The standard InChI is InChI=1S/C30H34F3N5O5/c1-29(2,3)43-28(41)35-20-15-37(11-10-23(20)39)27(40)18-12-19-25(24(14-18)42-5)36(4)26(34-19)22-13-17-8-6-7-9-21(17)38(22)16-30(31,32)33/h6-9,12-14,20,23,39H,10-11,15-16H2,1-5H3,(H,35,41)/t20-,23+/m1/s1. The predicted octanol–water partition coefficient (Wildman–Crippen LogP) is 4.87. The Balaban J connectivity index is 1.49. The number of halogens is 3. The van der Waals surface area contributed by atoms with E-state index in [2.05, 4.69) is 10.3 Å². The molecule has 0 unspecified atom stereocenters. The van der Waals surface area contributed by atoms with Crippen molar-refractivity contribution in [3.63, 3.8) is 0 Å². The summed E-state index contributed by atoms with van der Waals surface area (Å²) in [5.41, 5.74) is 1.09. The van der Waals surface area contributed by atoms with Gasteiger partial charge in [-0.05, 0) is 51.5 Å². The van der Waals surface area contributed by atoms with Crippen LogP contribution >= 0.6 is 0 Å². The fourth-order valence-electron chi connectivity index (χ4n) is 5.47. The summed E-state index contributed by atoms with van der Waals surface area (Å²) in [5, 5.41) is 13.8. The van der Waals surface area contributed by atoms with Crippen molar-refractivity contribution in [3.05, 3.63) is 48.0 Å². The molecule has 3 heterocycles. The fourth-order valence-corrected chi connectivity index (χ4v) is 5.47. The summed E-state index contributed by atoms with van der Waals surface area (Å²) in [6, 6.07) is 10.9. The molecule has 43 heavy (non-hydrogen) atoms. The van der Waals surface area contributed by atoms with Crippen molar-refractivity contribution in [3.8, 4) is 17.3 Å². The number of aromatic nitrogens is 3. The highest BCUT2D eigenvalue weighted by Gasteiger charge is 2.34. The molecule has 0 spiro atoms. The molecule has 4 aromatic rings. The number of hydrogen-bond acceptors (Lipinski definition) is 6. The van der Waals surface area contributed by atoms with Crippen molar-refractivity contribution >= 4 is 33.9 Å². The van der Waals surface area contributed by atoms with Crippen LogP contribution in [0.3, 0.4) is 0 Å². The van der Waals surface area contributed by atoms with Gasteiger partial charge in [-0.25, -0.2) is 9.78 Å². The number of benzene rings is 2. The normalized spacial score (nSPS) is 17.8. The molecular weight excluding hydrogens is 567 g/mol. The van der Waals surface area contributed by atoms with E-state index in [1.165, 1.54) is 16.6 Å². The molecule has 230 valence electrons. The largest absolute Gasteiger partial charge is 0.494 e. The number of rotatable bonds is 5. The first-order valence-corrected chi connectivity index (χ1v) is 13.8. The molecule has 1 aliphatic rings. The van der Waals surface area contributed by atoms with Crippen LogP contribution < -0.4 is 10.1 Å². The zero-order chi connectivity index (χ0) is 31.3. The van der Waals surface area contributed by atoms with Gasteiger partial charge in [0.15, 0.2) is 5.82 Å². The lowest BCUT2D eigenvalue weighted by Gasteiger charge is -2.36. The Labute approximate surface area is 246 Å². The van der Waals surface area contributed by atoms with Crippen LogP contribution in [-0.2, 0) is 18.3 Å². The number of alkyl halides is 3. The van der Waals surface area contributed by atoms with Crippen LogP contribution in [0.2, 0.25) is 0 Å². The predicted molar refractivity (Wildman–Crippen MR) is 154 cm³/mol. The third-order valence-corrected chi connectivity index (χ3v) is 7.34. The molecular formula is C30H34F3N5O5. The molecule has 0 radical (unpaired) electrons. The van der Waals surface area contributed by atoms with Crippen LogP contribution in [0.25, 0.3) is 33.5 Å². The summed E-state index contributed by atoms with van der Waals surface area (Å²) in [6.07, 6.45) is -5.78. The highest BCUT2D eigenvalue weighted by molar-refractivity contribution is 6.00. The average Bonchev–Trinajstić information content (AvgIpc) is 3.44. The molecule has 2 aromatic carbocycles. The number of fused-ring (bicyclic) bond motifs is 2. The number of ether oxygens (including phenoxy) is 2. The second-order valence-electron chi connectivity index (χ2n) is 11.7. The lowest BCUT2D eigenvalue weighted by Crippen LogP contribution is -2.57. The molecule has 13 heteroatoms. The number of piperidine rings is 1. The van der Waals surface area contributed by atoms with Gasteiger partial charge >= 0.3 is 12.3 Å². The Morgan fingerprint density at radius 1 is 1.14 bits per heavy atom. The molecule has 0 aliphatic carbocycles. The molecule has 2 amide bonds. The van der Waals surface area contributed by atoms with Gasteiger partial charge in [-0.1, -0.05) is 18.2 Å². The summed E-state index contributed by atoms with van der Waals surface area (Å²) in [6.45, 7) is 4.27. The lowest BCUT2D eigenvalue weighted by atomic mass is 10.0. The molecule has 5 rings (SSSR count). The van der Waals surface area contributed by atoms with Crippen molar-refractivity contribution in [2.45, 2.75) is 57.7 Å². The van der Waals surface area contributed by atoms with E-state index in [9.17, 15) is 27.9 Å². The number of imidazole rings is 1. The van der Waals surface area contributed by atoms with Gasteiger partial charge in [0.1, 0.15) is 23.4 Å². The van der Waals surface area contributed by atoms with Gasteiger partial charge in [0, 0.05) is 36.6 Å². The maximum atomic E-state index is 13.6. The Bertz CT molecular complexity index is 1690. The number of nitrogens with one attached hydrogen (secondary N) is 1. The number of aliphatic hydroxyl groups excluding tert-OH is 1. The van der Waals surface area contributed by atoms with Gasteiger partial charge < -0.3 is 33.9 Å². The molecule has 1 fully saturated rings. The number of methoxy groups -OCH3 is 1. The van der Waals surface area contributed by atoms with Gasteiger partial charge in [0.25, 0.3) is 5.91 Å². The first-order valence-electron chi connectivity index (χ1n) is 13.8. The number of aliphatic hydroxyl groups is 1. The van der Waals surface area contributed by atoms with Crippen molar-refractivity contribution in [2.24, 2.45) is 7.05 Å². The summed E-state index contributed by atoms with van der Waals surface area (Å²) in [5.74, 6) is 0.226. The summed E-state index contributed by atoms with van der Waals surface area (Å²) in [7, 11) is 3.12. The number of para-hydroxylation sites is 1. The first-order chi connectivity index (χ1) is 20.1. The van der Waals surface area contributed by atoms with Gasteiger partial charge in [0.2, 0.25) is 0 Å². The van der Waals surface area contributed by atoms with Crippen LogP contribution in [0.15, 0.2) is 42.5 Å². The maximum Gasteiger partial charge on any atom is 0.408 e. The van der Waals surface area contributed by atoms with E-state index in [1.807, 2.05) is 0 Å². The second-order valence-corrected chi connectivity index (χ2v) is 11.7. The number of carbonyl (C=O) groups excluding carboxylic acids is 2. The molecule has 1 aliphatic heterocycles. The Morgan fingerprint density at radius 2 is 1.86 bits per heavy atom. The van der Waals surface area contributed by atoms with E-state index in [0.717, 1.165) is 0 Å². The minimum atomic E-state index is -4.46. The summed E-state index contributed by atoms with van der Waals surface area (Å²) >= 11 is 0.